The number of piperazine rings is 1. The number of carbonyl (C=O) groups excluding carboxylic acids is 2. The van der Waals surface area contributed by atoms with Crippen molar-refractivity contribution in [1.29, 1.82) is 0 Å². The third kappa shape index (κ3) is 5.01. The average molecular weight is 494 g/mol. The molecular weight excluding hydrogens is 454 g/mol. The fourth-order valence-electron chi connectivity index (χ4n) is 6.26. The molecule has 194 valence electrons. The second-order valence-electron chi connectivity index (χ2n) is 10.6. The summed E-state index contributed by atoms with van der Waals surface area (Å²) in [5, 5.41) is 3.33. The fraction of sp³-hybridized carbons (Fsp3) is 0.607. The van der Waals surface area contributed by atoms with Crippen molar-refractivity contribution in [3.63, 3.8) is 0 Å². The normalized spacial score (nSPS) is 21.5. The molecule has 3 fully saturated rings. The van der Waals surface area contributed by atoms with Crippen molar-refractivity contribution >= 4 is 11.8 Å². The molecule has 5 rings (SSSR count). The lowest BCUT2D eigenvalue weighted by Crippen LogP contribution is -2.47. The minimum absolute atomic E-state index is 0.0350. The van der Waals surface area contributed by atoms with Crippen molar-refractivity contribution in [1.82, 2.24) is 24.3 Å². The van der Waals surface area contributed by atoms with E-state index in [-0.39, 0.29) is 23.5 Å². The largest absolute Gasteiger partial charge is 0.341 e. The van der Waals surface area contributed by atoms with E-state index in [0.717, 1.165) is 56.6 Å². The quantitative estimate of drug-likeness (QED) is 0.694. The van der Waals surface area contributed by atoms with E-state index in [2.05, 4.69) is 5.32 Å². The van der Waals surface area contributed by atoms with Crippen LogP contribution in [0.15, 0.2) is 35.1 Å². The SMILES string of the molecule is CC(=O)N1CCCC(n2c(-c3ccccc3)c(C(=O)N3CCNCC3)n(CC3CCCCC3)c2=O)C1. The Morgan fingerprint density at radius 2 is 1.64 bits per heavy atom. The van der Waals surface area contributed by atoms with Crippen molar-refractivity contribution in [3.05, 3.63) is 46.5 Å². The zero-order valence-electron chi connectivity index (χ0n) is 21.5. The van der Waals surface area contributed by atoms with Gasteiger partial charge in [0.15, 0.2) is 0 Å². The molecule has 2 aliphatic heterocycles. The van der Waals surface area contributed by atoms with Gasteiger partial charge in [0, 0.05) is 58.3 Å². The van der Waals surface area contributed by atoms with E-state index in [4.69, 9.17) is 0 Å². The molecular formula is C28H39N5O3. The minimum atomic E-state index is -0.146. The lowest BCUT2D eigenvalue weighted by atomic mass is 9.89. The molecule has 8 heteroatoms. The predicted octanol–water partition coefficient (Wildman–Crippen LogP) is 3.13. The molecule has 3 heterocycles. The van der Waals surface area contributed by atoms with Gasteiger partial charge in [-0.3, -0.25) is 18.7 Å². The number of likely N-dealkylation sites (tertiary alicyclic amines) is 1. The van der Waals surface area contributed by atoms with Gasteiger partial charge in [0.2, 0.25) is 5.91 Å². The molecule has 0 bridgehead atoms. The number of carbonyl (C=O) groups is 2. The van der Waals surface area contributed by atoms with Crippen molar-refractivity contribution in [2.24, 2.45) is 5.92 Å². The summed E-state index contributed by atoms with van der Waals surface area (Å²) in [6.07, 6.45) is 7.48. The van der Waals surface area contributed by atoms with E-state index in [1.165, 1.54) is 19.3 Å². The number of benzene rings is 1. The highest BCUT2D eigenvalue weighted by molar-refractivity contribution is 5.99. The predicted molar refractivity (Wildman–Crippen MR) is 140 cm³/mol. The van der Waals surface area contributed by atoms with Crippen molar-refractivity contribution in [2.45, 2.75) is 64.5 Å². The second-order valence-corrected chi connectivity index (χ2v) is 10.6. The van der Waals surface area contributed by atoms with Crippen LogP contribution in [0, 0.1) is 5.92 Å². The summed E-state index contributed by atoms with van der Waals surface area (Å²) in [6, 6.07) is 9.73. The van der Waals surface area contributed by atoms with Gasteiger partial charge in [0.1, 0.15) is 5.69 Å². The Morgan fingerprint density at radius 1 is 0.917 bits per heavy atom. The number of hydrogen-bond acceptors (Lipinski definition) is 4. The van der Waals surface area contributed by atoms with Crippen LogP contribution in [-0.2, 0) is 11.3 Å². The number of piperidine rings is 1. The third-order valence-electron chi connectivity index (χ3n) is 8.20. The molecule has 36 heavy (non-hydrogen) atoms. The van der Waals surface area contributed by atoms with Crippen molar-refractivity contribution in [2.75, 3.05) is 39.3 Å². The van der Waals surface area contributed by atoms with E-state index in [0.29, 0.717) is 37.8 Å². The molecule has 1 atom stereocenters. The summed E-state index contributed by atoms with van der Waals surface area (Å²) >= 11 is 0. The lowest BCUT2D eigenvalue weighted by Gasteiger charge is -2.33. The van der Waals surface area contributed by atoms with Gasteiger partial charge in [0.05, 0.1) is 11.7 Å². The number of aromatic nitrogens is 2. The first-order valence-corrected chi connectivity index (χ1v) is 13.7. The molecule has 1 N–H and O–H groups in total. The first-order valence-electron chi connectivity index (χ1n) is 13.7. The molecule has 0 radical (unpaired) electrons. The molecule has 3 aliphatic rings. The Hall–Kier alpha value is -2.87. The fourth-order valence-corrected chi connectivity index (χ4v) is 6.26. The number of hydrogen-bond donors (Lipinski definition) is 1. The molecule has 0 spiro atoms. The van der Waals surface area contributed by atoms with Gasteiger partial charge in [0.25, 0.3) is 5.91 Å². The first kappa shape index (κ1) is 24.8. The first-order chi connectivity index (χ1) is 17.5. The van der Waals surface area contributed by atoms with Crippen LogP contribution in [0.3, 0.4) is 0 Å². The molecule has 2 aromatic rings. The Balaban J connectivity index is 1.67. The zero-order chi connectivity index (χ0) is 25.1. The highest BCUT2D eigenvalue weighted by Crippen LogP contribution is 2.33. The van der Waals surface area contributed by atoms with Gasteiger partial charge < -0.3 is 15.1 Å². The Labute approximate surface area is 213 Å². The van der Waals surface area contributed by atoms with Gasteiger partial charge in [-0.15, -0.1) is 0 Å². The molecule has 1 aromatic carbocycles. The molecule has 1 aliphatic carbocycles. The summed E-state index contributed by atoms with van der Waals surface area (Å²) in [6.45, 7) is 6.19. The van der Waals surface area contributed by atoms with E-state index < -0.39 is 0 Å². The van der Waals surface area contributed by atoms with Crippen LogP contribution >= 0.6 is 0 Å². The van der Waals surface area contributed by atoms with Crippen LogP contribution in [0.2, 0.25) is 0 Å². The topological polar surface area (TPSA) is 79.6 Å². The maximum absolute atomic E-state index is 14.3. The van der Waals surface area contributed by atoms with Crippen molar-refractivity contribution < 1.29 is 9.59 Å². The Morgan fingerprint density at radius 3 is 2.33 bits per heavy atom. The summed E-state index contributed by atoms with van der Waals surface area (Å²) in [5.74, 6) is 0.389. The molecule has 2 amide bonds. The van der Waals surface area contributed by atoms with Gasteiger partial charge in [-0.2, -0.15) is 0 Å². The van der Waals surface area contributed by atoms with Crippen molar-refractivity contribution in [3.8, 4) is 11.3 Å². The number of rotatable bonds is 5. The van der Waals surface area contributed by atoms with Crippen LogP contribution in [0.5, 0.6) is 0 Å². The monoisotopic (exact) mass is 493 g/mol. The number of nitrogens with one attached hydrogen (secondary N) is 1. The highest BCUT2D eigenvalue weighted by Gasteiger charge is 2.35. The van der Waals surface area contributed by atoms with Gasteiger partial charge >= 0.3 is 5.69 Å². The van der Waals surface area contributed by atoms with Gasteiger partial charge in [-0.1, -0.05) is 49.6 Å². The van der Waals surface area contributed by atoms with E-state index in [1.54, 1.807) is 11.5 Å². The van der Waals surface area contributed by atoms with Crippen LogP contribution in [-0.4, -0.2) is 70.0 Å². The van der Waals surface area contributed by atoms with Crippen LogP contribution in [0.4, 0.5) is 0 Å². The average Bonchev–Trinajstić information content (AvgIpc) is 3.21. The summed E-state index contributed by atoms with van der Waals surface area (Å²) < 4.78 is 3.66. The third-order valence-corrected chi connectivity index (χ3v) is 8.20. The maximum Gasteiger partial charge on any atom is 0.329 e. The number of amides is 2. The number of imidazole rings is 1. The Kier molecular flexibility index (Phi) is 7.60. The van der Waals surface area contributed by atoms with Gasteiger partial charge in [-0.05, 0) is 31.6 Å². The second kappa shape index (κ2) is 11.0. The maximum atomic E-state index is 14.3. The number of nitrogens with zero attached hydrogens (tertiary/aromatic N) is 4. The van der Waals surface area contributed by atoms with Crippen LogP contribution in [0.1, 0.15) is 68.4 Å². The van der Waals surface area contributed by atoms with E-state index >= 15 is 0 Å². The van der Waals surface area contributed by atoms with Crippen LogP contribution < -0.4 is 11.0 Å². The molecule has 1 aromatic heterocycles. The van der Waals surface area contributed by atoms with E-state index in [1.807, 2.05) is 44.7 Å². The summed E-state index contributed by atoms with van der Waals surface area (Å²) in [5.41, 5.74) is 2.03. The van der Waals surface area contributed by atoms with Crippen LogP contribution in [0.25, 0.3) is 11.3 Å². The lowest BCUT2D eigenvalue weighted by molar-refractivity contribution is -0.130. The highest BCUT2D eigenvalue weighted by atomic mass is 16.2. The molecule has 1 unspecified atom stereocenters. The summed E-state index contributed by atoms with van der Waals surface area (Å²) in [7, 11) is 0. The molecule has 8 nitrogen and oxygen atoms in total. The van der Waals surface area contributed by atoms with E-state index in [9.17, 15) is 14.4 Å². The Bertz CT molecular complexity index is 1130. The standard InChI is InChI=1S/C28H39N5O3/c1-21(34)31-16-8-13-24(20-31)33-25(23-11-6-3-7-12-23)26(27(35)30-17-14-29-15-18-30)32(28(33)36)19-22-9-4-2-5-10-22/h3,6-7,11-12,22,24,29H,2,4-5,8-10,13-20H2,1H3. The summed E-state index contributed by atoms with van der Waals surface area (Å²) in [4.78, 5) is 44.4. The minimum Gasteiger partial charge on any atom is -0.341 e. The zero-order valence-corrected chi connectivity index (χ0v) is 21.5. The smallest absolute Gasteiger partial charge is 0.329 e. The molecule has 2 saturated heterocycles. The molecule has 1 saturated carbocycles. The van der Waals surface area contributed by atoms with Gasteiger partial charge in [-0.25, -0.2) is 4.79 Å².